The third-order valence-electron chi connectivity index (χ3n) is 2.11. The Morgan fingerprint density at radius 3 is 2.47 bits per heavy atom. The zero-order valence-electron chi connectivity index (χ0n) is 11.8. The molecule has 0 bridgehead atoms. The first-order chi connectivity index (χ1) is 8.70. The second-order valence-electron chi connectivity index (χ2n) is 5.05. The molecule has 6 heteroatoms. The van der Waals surface area contributed by atoms with Crippen LogP contribution in [0.3, 0.4) is 0 Å². The van der Waals surface area contributed by atoms with E-state index in [4.69, 9.17) is 9.57 Å². The normalized spacial score (nSPS) is 10.8. The number of hydrogen-bond acceptors (Lipinski definition) is 5. The minimum atomic E-state index is -0.729. The molecule has 19 heavy (non-hydrogen) atoms. The number of carbonyl (C=O) groups excluding carboxylic acids is 2. The number of rotatable bonds is 1. The van der Waals surface area contributed by atoms with E-state index in [9.17, 15) is 9.59 Å². The van der Waals surface area contributed by atoms with E-state index in [0.717, 1.165) is 5.06 Å². The van der Waals surface area contributed by atoms with Crippen molar-refractivity contribution in [3.63, 3.8) is 0 Å². The van der Waals surface area contributed by atoms with E-state index < -0.39 is 17.7 Å². The van der Waals surface area contributed by atoms with Crippen molar-refractivity contribution in [2.45, 2.75) is 33.3 Å². The molecule has 0 aliphatic heterocycles. The molecular formula is C13H18N2O4. The maximum absolute atomic E-state index is 11.8. The molecule has 1 rings (SSSR count). The monoisotopic (exact) mass is 266 g/mol. The van der Waals surface area contributed by atoms with Gasteiger partial charge in [0.1, 0.15) is 5.60 Å². The number of ether oxygens (including phenoxy) is 1. The van der Waals surface area contributed by atoms with Gasteiger partial charge in [-0.15, -0.1) is 5.06 Å². The molecular weight excluding hydrogens is 248 g/mol. The van der Waals surface area contributed by atoms with Crippen LogP contribution in [0.15, 0.2) is 18.5 Å². The van der Waals surface area contributed by atoms with Crippen molar-refractivity contribution in [2.24, 2.45) is 0 Å². The van der Waals surface area contributed by atoms with E-state index in [1.807, 2.05) is 0 Å². The Labute approximate surface area is 112 Å². The first kappa shape index (κ1) is 14.9. The van der Waals surface area contributed by atoms with Crippen LogP contribution in [-0.4, -0.2) is 34.8 Å². The topological polar surface area (TPSA) is 68.7 Å². The molecule has 0 radical (unpaired) electrons. The second kappa shape index (κ2) is 5.69. The van der Waals surface area contributed by atoms with Gasteiger partial charge in [-0.3, -0.25) is 4.98 Å². The molecule has 0 fully saturated rings. The van der Waals surface area contributed by atoms with Crippen molar-refractivity contribution >= 4 is 12.1 Å². The van der Waals surface area contributed by atoms with E-state index in [1.54, 1.807) is 33.9 Å². The number of pyridine rings is 1. The van der Waals surface area contributed by atoms with Gasteiger partial charge in [-0.1, -0.05) is 0 Å². The first-order valence-corrected chi connectivity index (χ1v) is 5.80. The van der Waals surface area contributed by atoms with Gasteiger partial charge in [0.05, 0.1) is 12.6 Å². The van der Waals surface area contributed by atoms with Gasteiger partial charge in [0.25, 0.3) is 0 Å². The molecule has 1 amide bonds. The van der Waals surface area contributed by atoms with E-state index in [2.05, 4.69) is 4.98 Å². The van der Waals surface area contributed by atoms with Crippen molar-refractivity contribution in [2.75, 3.05) is 7.05 Å². The summed E-state index contributed by atoms with van der Waals surface area (Å²) in [6.07, 6.45) is 2.30. The largest absolute Gasteiger partial charge is 0.443 e. The average Bonchev–Trinajstić information content (AvgIpc) is 2.27. The zero-order chi connectivity index (χ0) is 14.6. The van der Waals surface area contributed by atoms with Crippen molar-refractivity contribution in [3.8, 4) is 0 Å². The average molecular weight is 266 g/mol. The highest BCUT2D eigenvalue weighted by Crippen LogP contribution is 2.11. The molecule has 0 aliphatic rings. The van der Waals surface area contributed by atoms with Gasteiger partial charge in [-0.2, -0.15) is 0 Å². The fourth-order valence-electron chi connectivity index (χ4n) is 1.24. The van der Waals surface area contributed by atoms with Crippen LogP contribution in [0, 0.1) is 6.92 Å². The molecule has 0 aliphatic carbocycles. The molecule has 0 spiro atoms. The number of nitrogens with zero attached hydrogens (tertiary/aromatic N) is 2. The van der Waals surface area contributed by atoms with Crippen LogP contribution >= 0.6 is 0 Å². The molecule has 1 aromatic heterocycles. The summed E-state index contributed by atoms with van der Waals surface area (Å²) in [6, 6.07) is 1.53. The first-order valence-electron chi connectivity index (χ1n) is 5.80. The standard InChI is InChI=1S/C13H18N2O4/c1-9-8-14-7-6-10(9)11(16)19-15(5)12(17)18-13(2,3)4/h6-8H,1-5H3. The van der Waals surface area contributed by atoms with Crippen LogP contribution in [0.5, 0.6) is 0 Å². The maximum Gasteiger partial charge on any atom is 0.443 e. The minimum absolute atomic E-state index is 0.352. The highest BCUT2D eigenvalue weighted by atomic mass is 16.8. The van der Waals surface area contributed by atoms with Crippen LogP contribution in [-0.2, 0) is 9.57 Å². The van der Waals surface area contributed by atoms with Gasteiger partial charge >= 0.3 is 12.1 Å². The molecule has 0 saturated carbocycles. The number of hydroxylamine groups is 2. The lowest BCUT2D eigenvalue weighted by atomic mass is 10.2. The summed E-state index contributed by atoms with van der Waals surface area (Å²) in [5, 5.41) is 0.771. The fourth-order valence-corrected chi connectivity index (χ4v) is 1.24. The Balaban J connectivity index is 2.67. The number of carbonyl (C=O) groups is 2. The summed E-state index contributed by atoms with van der Waals surface area (Å²) in [7, 11) is 1.32. The zero-order valence-corrected chi connectivity index (χ0v) is 11.8. The Morgan fingerprint density at radius 1 is 1.32 bits per heavy atom. The molecule has 0 aromatic carbocycles. The smallest absolute Gasteiger partial charge is 0.442 e. The number of aryl methyl sites for hydroxylation is 1. The lowest BCUT2D eigenvalue weighted by Crippen LogP contribution is -2.35. The number of hydrogen-bond donors (Lipinski definition) is 0. The van der Waals surface area contributed by atoms with Gasteiger partial charge < -0.3 is 9.57 Å². The van der Waals surface area contributed by atoms with Crippen molar-refractivity contribution in [1.29, 1.82) is 0 Å². The van der Waals surface area contributed by atoms with Gasteiger partial charge in [0.15, 0.2) is 0 Å². The number of amides is 1. The molecule has 0 N–H and O–H groups in total. The minimum Gasteiger partial charge on any atom is -0.442 e. The van der Waals surface area contributed by atoms with Gasteiger partial charge in [0, 0.05) is 12.4 Å². The van der Waals surface area contributed by atoms with E-state index in [-0.39, 0.29) is 0 Å². The molecule has 104 valence electrons. The molecule has 0 unspecified atom stereocenters. The number of aromatic nitrogens is 1. The summed E-state index contributed by atoms with van der Waals surface area (Å²) in [5.74, 6) is -0.631. The van der Waals surface area contributed by atoms with Crippen LogP contribution in [0.4, 0.5) is 4.79 Å². The lowest BCUT2D eigenvalue weighted by Gasteiger charge is -2.23. The van der Waals surface area contributed by atoms with Crippen LogP contribution in [0.25, 0.3) is 0 Å². The predicted molar refractivity (Wildman–Crippen MR) is 68.4 cm³/mol. The van der Waals surface area contributed by atoms with E-state index >= 15 is 0 Å². The predicted octanol–water partition coefficient (Wildman–Crippen LogP) is 2.33. The van der Waals surface area contributed by atoms with Gasteiger partial charge in [0.2, 0.25) is 0 Å². The summed E-state index contributed by atoms with van der Waals surface area (Å²) >= 11 is 0. The third-order valence-corrected chi connectivity index (χ3v) is 2.11. The molecule has 1 aromatic rings. The Bertz CT molecular complexity index is 480. The van der Waals surface area contributed by atoms with Crippen LogP contribution in [0.2, 0.25) is 0 Å². The van der Waals surface area contributed by atoms with E-state index in [1.165, 1.54) is 19.3 Å². The van der Waals surface area contributed by atoms with Crippen LogP contribution < -0.4 is 0 Å². The quantitative estimate of drug-likeness (QED) is 0.730. The maximum atomic E-state index is 11.8. The molecule has 6 nitrogen and oxygen atoms in total. The summed E-state index contributed by atoms with van der Waals surface area (Å²) in [6.45, 7) is 6.92. The van der Waals surface area contributed by atoms with Gasteiger partial charge in [-0.25, -0.2) is 9.59 Å². The van der Waals surface area contributed by atoms with Crippen LogP contribution in [0.1, 0.15) is 36.7 Å². The Morgan fingerprint density at radius 2 is 1.95 bits per heavy atom. The summed E-state index contributed by atoms with van der Waals surface area (Å²) in [4.78, 5) is 32.3. The van der Waals surface area contributed by atoms with Crippen molar-refractivity contribution in [1.82, 2.24) is 10.0 Å². The molecule has 0 saturated heterocycles. The summed E-state index contributed by atoms with van der Waals surface area (Å²) in [5.41, 5.74) is 0.375. The van der Waals surface area contributed by atoms with Crippen molar-refractivity contribution in [3.05, 3.63) is 29.6 Å². The highest BCUT2D eigenvalue weighted by Gasteiger charge is 2.23. The Kier molecular flexibility index (Phi) is 4.47. The fraction of sp³-hybridized carbons (Fsp3) is 0.462. The summed E-state index contributed by atoms with van der Waals surface area (Å²) < 4.78 is 5.06. The van der Waals surface area contributed by atoms with Crippen molar-refractivity contribution < 1.29 is 19.2 Å². The SMILES string of the molecule is Cc1cnccc1C(=O)ON(C)C(=O)OC(C)(C)C. The molecule has 0 atom stereocenters. The van der Waals surface area contributed by atoms with E-state index in [0.29, 0.717) is 11.1 Å². The third kappa shape index (κ3) is 4.57. The lowest BCUT2D eigenvalue weighted by molar-refractivity contribution is -0.0932. The second-order valence-corrected chi connectivity index (χ2v) is 5.05. The highest BCUT2D eigenvalue weighted by molar-refractivity contribution is 5.91. The molecule has 1 heterocycles. The Hall–Kier alpha value is -2.11. The van der Waals surface area contributed by atoms with Gasteiger partial charge in [-0.05, 0) is 39.3 Å².